The summed E-state index contributed by atoms with van der Waals surface area (Å²) in [6, 6.07) is 10.2. The molecule has 1 radical (unpaired) electrons. The molecule has 2 aromatic carbocycles. The third kappa shape index (κ3) is 8.21. The maximum atomic E-state index is 12.7. The standard InChI is InChI=1S/C16H20N3O2.C8H9NO2.C2H6.Y/c1-21-9-8-19-10-18-13-7-6-12(17)14(15(13)16(19)20)11-4-2-3-5-11;1-6(10)7-3-2-4-8(5-7)9-11;1-2;/h6-7,10-11,17H,2-5,8-9H2,1H3;2-5,9,11H,1H3;1-2H3;/q-1;;;. The Hall–Kier alpha value is -2.13. The van der Waals surface area contributed by atoms with E-state index in [4.69, 9.17) is 15.7 Å². The van der Waals surface area contributed by atoms with Crippen LogP contribution in [0.1, 0.15) is 68.3 Å². The van der Waals surface area contributed by atoms with E-state index >= 15 is 0 Å². The molecule has 3 aromatic rings. The molecule has 0 atom stereocenters. The number of hydrogen-bond donors (Lipinski definition) is 2. The van der Waals surface area contributed by atoms with Crippen LogP contribution in [0, 0.1) is 0 Å². The molecule has 1 aromatic heterocycles. The minimum Gasteiger partial charge on any atom is -0.698 e. The van der Waals surface area contributed by atoms with Crippen molar-refractivity contribution in [1.29, 1.82) is 0 Å². The van der Waals surface area contributed by atoms with Crippen molar-refractivity contribution in [3.63, 3.8) is 0 Å². The van der Waals surface area contributed by atoms with Crippen molar-refractivity contribution in [1.82, 2.24) is 9.55 Å². The van der Waals surface area contributed by atoms with Gasteiger partial charge in [-0.1, -0.05) is 44.9 Å². The van der Waals surface area contributed by atoms with Crippen molar-refractivity contribution in [3.05, 3.63) is 69.9 Å². The average molecular weight is 556 g/mol. The minimum absolute atomic E-state index is 0. The van der Waals surface area contributed by atoms with Crippen molar-refractivity contribution in [2.24, 2.45) is 0 Å². The van der Waals surface area contributed by atoms with Gasteiger partial charge in [-0.3, -0.25) is 24.8 Å². The Bertz CT molecular complexity index is 1140. The first-order chi connectivity index (χ1) is 16.5. The number of ketones is 1. The average Bonchev–Trinajstić information content (AvgIpc) is 3.40. The molecule has 187 valence electrons. The molecule has 1 saturated carbocycles. The third-order valence-electron chi connectivity index (χ3n) is 5.73. The van der Waals surface area contributed by atoms with Crippen LogP contribution in [0.25, 0.3) is 16.6 Å². The number of hydrogen-bond acceptors (Lipinski definition) is 6. The number of anilines is 1. The van der Waals surface area contributed by atoms with Crippen molar-refractivity contribution in [2.45, 2.75) is 58.9 Å². The summed E-state index contributed by atoms with van der Waals surface area (Å²) < 4.78 is 6.63. The Labute approximate surface area is 232 Å². The van der Waals surface area contributed by atoms with E-state index in [-0.39, 0.29) is 44.1 Å². The fourth-order valence-corrected chi connectivity index (χ4v) is 4.06. The molecule has 1 aliphatic rings. The van der Waals surface area contributed by atoms with Crippen molar-refractivity contribution >= 4 is 28.1 Å². The van der Waals surface area contributed by atoms with Crippen molar-refractivity contribution in [3.8, 4) is 0 Å². The molecule has 1 aliphatic carbocycles. The van der Waals surface area contributed by atoms with Crippen LogP contribution in [0.3, 0.4) is 0 Å². The van der Waals surface area contributed by atoms with Gasteiger partial charge in [0.05, 0.1) is 36.1 Å². The molecule has 4 rings (SSSR count). The Morgan fingerprint density at radius 2 is 1.91 bits per heavy atom. The number of ether oxygens (including phenoxy) is 1. The molecule has 0 saturated heterocycles. The van der Waals surface area contributed by atoms with E-state index < -0.39 is 0 Å². The normalized spacial score (nSPS) is 12.6. The van der Waals surface area contributed by atoms with Gasteiger partial charge in [0.2, 0.25) is 0 Å². The van der Waals surface area contributed by atoms with Crippen LogP contribution in [-0.4, -0.2) is 34.3 Å². The number of benzene rings is 2. The second-order valence-electron chi connectivity index (χ2n) is 7.89. The van der Waals surface area contributed by atoms with Gasteiger partial charge in [0, 0.05) is 45.4 Å². The van der Waals surface area contributed by atoms with Crippen LogP contribution in [-0.2, 0) is 44.0 Å². The summed E-state index contributed by atoms with van der Waals surface area (Å²) in [6.45, 7) is 6.45. The van der Waals surface area contributed by atoms with Gasteiger partial charge in [-0.05, 0) is 49.4 Å². The Morgan fingerprint density at radius 3 is 2.51 bits per heavy atom. The van der Waals surface area contributed by atoms with Crippen LogP contribution in [0.5, 0.6) is 0 Å². The second kappa shape index (κ2) is 15.8. The number of aromatic nitrogens is 2. The summed E-state index contributed by atoms with van der Waals surface area (Å²) in [6.07, 6.45) is 6.07. The second-order valence-corrected chi connectivity index (χ2v) is 7.89. The molecule has 1 fully saturated rings. The number of carbonyl (C=O) groups is 1. The largest absolute Gasteiger partial charge is 0.698 e. The molecule has 9 heteroatoms. The molecule has 3 N–H and O–H groups in total. The first kappa shape index (κ1) is 30.9. The first-order valence-corrected chi connectivity index (χ1v) is 11.7. The van der Waals surface area contributed by atoms with Gasteiger partial charge < -0.3 is 10.5 Å². The van der Waals surface area contributed by atoms with Gasteiger partial charge in [0.15, 0.2) is 5.78 Å². The monoisotopic (exact) mass is 556 g/mol. The SMILES string of the molecule is CC.CC(=O)c1cccc(NO)c1.COCCn1cnc2ccc([NH-])c(C3CCCC3)c2c1=O.[Y]. The first-order valence-electron chi connectivity index (χ1n) is 11.7. The van der Waals surface area contributed by atoms with Gasteiger partial charge >= 0.3 is 0 Å². The maximum Gasteiger partial charge on any atom is 0.261 e. The van der Waals surface area contributed by atoms with Crippen LogP contribution in [0.15, 0.2) is 47.5 Å². The molecule has 0 bridgehead atoms. The summed E-state index contributed by atoms with van der Waals surface area (Å²) >= 11 is 0. The molecular weight excluding hydrogens is 521 g/mol. The molecule has 35 heavy (non-hydrogen) atoms. The third-order valence-corrected chi connectivity index (χ3v) is 5.73. The van der Waals surface area contributed by atoms with Crippen LogP contribution in [0.2, 0.25) is 0 Å². The molecule has 0 spiro atoms. The number of carbonyl (C=O) groups excluding carboxylic acids is 1. The van der Waals surface area contributed by atoms with E-state index in [0.717, 1.165) is 18.4 Å². The topological polar surface area (TPSA) is 117 Å². The number of nitrogens with zero attached hydrogens (tertiary/aromatic N) is 2. The predicted octanol–water partition coefficient (Wildman–Crippen LogP) is 6.10. The smallest absolute Gasteiger partial charge is 0.261 e. The van der Waals surface area contributed by atoms with E-state index in [1.807, 2.05) is 19.3 Å². The molecule has 0 amide bonds. The zero-order valence-electron chi connectivity index (χ0n) is 21.0. The number of methoxy groups -OCH3 is 1. The fourth-order valence-electron chi connectivity index (χ4n) is 4.06. The summed E-state index contributed by atoms with van der Waals surface area (Å²) in [7, 11) is 1.62. The van der Waals surface area contributed by atoms with Gasteiger partial charge in [-0.2, -0.15) is 0 Å². The summed E-state index contributed by atoms with van der Waals surface area (Å²) in [5.74, 6) is 0.316. The number of rotatable bonds is 6. The number of nitrogens with one attached hydrogen (secondary N) is 2. The number of Topliss-reactive ketones (excluding diaryl/α,β-unsaturated/α-hetero) is 1. The van der Waals surface area contributed by atoms with Gasteiger partial charge in [0.25, 0.3) is 5.56 Å². The Balaban J connectivity index is 0.000000373. The zero-order chi connectivity index (χ0) is 25.1. The number of fused-ring (bicyclic) bond motifs is 1. The van der Waals surface area contributed by atoms with E-state index in [1.54, 1.807) is 54.4 Å². The van der Waals surface area contributed by atoms with Crippen LogP contribution in [0.4, 0.5) is 11.4 Å². The van der Waals surface area contributed by atoms with Crippen molar-refractivity contribution in [2.75, 3.05) is 19.2 Å². The van der Waals surface area contributed by atoms with Gasteiger partial charge in [-0.15, -0.1) is 5.69 Å². The van der Waals surface area contributed by atoms with Gasteiger partial charge in [-0.25, -0.2) is 4.98 Å². The summed E-state index contributed by atoms with van der Waals surface area (Å²) in [5.41, 5.74) is 13.3. The van der Waals surface area contributed by atoms with Crippen LogP contribution < -0.4 is 11.0 Å². The quantitative estimate of drug-likeness (QED) is 0.280. The Morgan fingerprint density at radius 1 is 1.23 bits per heavy atom. The predicted molar refractivity (Wildman–Crippen MR) is 136 cm³/mol. The maximum absolute atomic E-state index is 12.7. The van der Waals surface area contributed by atoms with E-state index in [0.29, 0.717) is 46.9 Å². The Kier molecular flexibility index (Phi) is 13.9. The summed E-state index contributed by atoms with van der Waals surface area (Å²) in [4.78, 5) is 27.9. The zero-order valence-corrected chi connectivity index (χ0v) is 23.8. The van der Waals surface area contributed by atoms with E-state index in [9.17, 15) is 9.59 Å². The molecular formula is C26H35N4O4Y-. The summed E-state index contributed by atoms with van der Waals surface area (Å²) in [5, 5.41) is 9.11. The van der Waals surface area contributed by atoms with Crippen LogP contribution >= 0.6 is 0 Å². The minimum atomic E-state index is -0.0481. The van der Waals surface area contributed by atoms with E-state index in [1.165, 1.54) is 19.8 Å². The van der Waals surface area contributed by atoms with Crippen molar-refractivity contribution < 1.29 is 47.4 Å². The molecule has 0 unspecified atom stereocenters. The molecule has 0 aliphatic heterocycles. The van der Waals surface area contributed by atoms with Gasteiger partial charge in [0.1, 0.15) is 0 Å². The fraction of sp³-hybridized carbons (Fsp3) is 0.423. The molecule has 1 heterocycles. The molecule has 8 nitrogen and oxygen atoms in total. The van der Waals surface area contributed by atoms with E-state index in [2.05, 4.69) is 4.98 Å².